The molecule has 0 unspecified atom stereocenters. The van der Waals surface area contributed by atoms with E-state index in [-0.39, 0.29) is 6.54 Å². The van der Waals surface area contributed by atoms with E-state index in [4.69, 9.17) is 5.11 Å². The largest absolute Gasteiger partial charge is 0.480 e. The molecule has 0 aliphatic rings. The summed E-state index contributed by atoms with van der Waals surface area (Å²) in [7, 11) is 0. The Hall–Kier alpha value is -2.37. The van der Waals surface area contributed by atoms with Crippen molar-refractivity contribution in [3.63, 3.8) is 0 Å². The monoisotopic (exact) mass is 292 g/mol. The Morgan fingerprint density at radius 3 is 2.14 bits per heavy atom. The third-order valence-corrected chi connectivity index (χ3v) is 3.26. The van der Waals surface area contributed by atoms with Crippen LogP contribution in [-0.2, 0) is 14.4 Å². The van der Waals surface area contributed by atoms with Crippen molar-refractivity contribution in [1.29, 1.82) is 0 Å². The molecule has 0 saturated carbocycles. The van der Waals surface area contributed by atoms with Gasteiger partial charge in [-0.1, -0.05) is 17.7 Å². The number of rotatable bonds is 4. The van der Waals surface area contributed by atoms with Crippen molar-refractivity contribution >= 4 is 23.5 Å². The quantitative estimate of drug-likeness (QED) is 0.826. The second kappa shape index (κ2) is 6.39. The van der Waals surface area contributed by atoms with E-state index in [0.29, 0.717) is 5.69 Å². The number of aryl methyl sites for hydroxylation is 1. The lowest BCUT2D eigenvalue weighted by atomic mass is 10.0. The summed E-state index contributed by atoms with van der Waals surface area (Å²) < 4.78 is 0. The molecule has 6 heteroatoms. The Kier molecular flexibility index (Phi) is 5.07. The lowest BCUT2D eigenvalue weighted by molar-refractivity contribution is -0.158. The Bertz CT molecular complexity index is 549. The molecule has 0 spiro atoms. The zero-order valence-electron chi connectivity index (χ0n) is 12.6. The van der Waals surface area contributed by atoms with E-state index in [1.165, 1.54) is 13.8 Å². The van der Waals surface area contributed by atoms with Crippen LogP contribution in [0.25, 0.3) is 0 Å². The van der Waals surface area contributed by atoms with Crippen LogP contribution in [0.3, 0.4) is 0 Å². The van der Waals surface area contributed by atoms with Gasteiger partial charge in [-0.05, 0) is 39.8 Å². The van der Waals surface area contributed by atoms with E-state index >= 15 is 0 Å². The topological polar surface area (TPSA) is 86.7 Å². The number of amides is 2. The van der Waals surface area contributed by atoms with Crippen LogP contribution in [0, 0.1) is 6.92 Å². The molecule has 2 amide bonds. The first-order valence-corrected chi connectivity index (χ1v) is 6.63. The first kappa shape index (κ1) is 16.7. The Labute approximate surface area is 123 Å². The van der Waals surface area contributed by atoms with Crippen LogP contribution >= 0.6 is 0 Å². The first-order valence-electron chi connectivity index (χ1n) is 6.63. The molecule has 2 N–H and O–H groups in total. The number of hydrogen-bond donors (Lipinski definition) is 2. The molecular weight excluding hydrogens is 272 g/mol. The Balaban J connectivity index is 2.88. The predicted molar refractivity (Wildman–Crippen MR) is 78.9 cm³/mol. The fourth-order valence-corrected chi connectivity index (χ4v) is 1.85. The number of aliphatic carboxylic acids is 1. The number of benzene rings is 1. The van der Waals surface area contributed by atoms with Crippen LogP contribution in [0.2, 0.25) is 0 Å². The molecule has 0 radical (unpaired) electrons. The molecule has 0 bridgehead atoms. The Morgan fingerprint density at radius 2 is 1.71 bits per heavy atom. The second-order valence-corrected chi connectivity index (χ2v) is 5.23. The standard InChI is InChI=1S/C15H20N2O4/c1-5-17(15(3,4)14(20)21)13(19)12(18)16-11-8-6-10(2)7-9-11/h6-9H,5H2,1-4H3,(H,16,18)(H,20,21). The smallest absolute Gasteiger partial charge is 0.329 e. The minimum atomic E-state index is -1.45. The highest BCUT2D eigenvalue weighted by atomic mass is 16.4. The van der Waals surface area contributed by atoms with Gasteiger partial charge in [0.05, 0.1) is 0 Å². The minimum Gasteiger partial charge on any atom is -0.480 e. The molecule has 21 heavy (non-hydrogen) atoms. The number of nitrogens with zero attached hydrogens (tertiary/aromatic N) is 1. The molecule has 0 atom stereocenters. The van der Waals surface area contributed by atoms with Gasteiger partial charge in [-0.2, -0.15) is 0 Å². The van der Waals surface area contributed by atoms with Crippen LogP contribution in [-0.4, -0.2) is 39.9 Å². The highest BCUT2D eigenvalue weighted by Gasteiger charge is 2.39. The van der Waals surface area contributed by atoms with Crippen LogP contribution < -0.4 is 5.32 Å². The van der Waals surface area contributed by atoms with Crippen LogP contribution in [0.1, 0.15) is 26.3 Å². The van der Waals surface area contributed by atoms with Gasteiger partial charge in [-0.3, -0.25) is 9.59 Å². The molecule has 0 heterocycles. The summed E-state index contributed by atoms with van der Waals surface area (Å²) in [4.78, 5) is 36.4. The van der Waals surface area contributed by atoms with Gasteiger partial charge in [0, 0.05) is 12.2 Å². The molecule has 0 aromatic heterocycles. The van der Waals surface area contributed by atoms with Crippen molar-refractivity contribution in [3.8, 4) is 0 Å². The highest BCUT2D eigenvalue weighted by Crippen LogP contribution is 2.16. The van der Waals surface area contributed by atoms with Crippen LogP contribution in [0.15, 0.2) is 24.3 Å². The number of anilines is 1. The molecule has 1 aromatic rings. The maximum absolute atomic E-state index is 12.1. The van der Waals surface area contributed by atoms with Crippen molar-refractivity contribution in [1.82, 2.24) is 4.90 Å². The number of carboxylic acids is 1. The molecule has 0 fully saturated rings. The minimum absolute atomic E-state index is 0.124. The molecule has 6 nitrogen and oxygen atoms in total. The molecule has 0 aliphatic carbocycles. The summed E-state index contributed by atoms with van der Waals surface area (Å²) in [6.45, 7) is 6.43. The molecule has 114 valence electrons. The third kappa shape index (κ3) is 3.81. The Morgan fingerprint density at radius 1 is 1.19 bits per heavy atom. The summed E-state index contributed by atoms with van der Waals surface area (Å²) in [6, 6.07) is 6.97. The van der Waals surface area contributed by atoms with E-state index in [0.717, 1.165) is 10.5 Å². The molecule has 1 rings (SSSR count). The maximum atomic E-state index is 12.1. The van der Waals surface area contributed by atoms with Crippen LogP contribution in [0.4, 0.5) is 5.69 Å². The number of carbonyl (C=O) groups is 3. The lowest BCUT2D eigenvalue weighted by Gasteiger charge is -2.33. The molecule has 0 aliphatic heterocycles. The number of nitrogens with one attached hydrogen (secondary N) is 1. The van der Waals surface area contributed by atoms with Gasteiger partial charge in [0.15, 0.2) is 0 Å². The van der Waals surface area contributed by atoms with Gasteiger partial charge >= 0.3 is 17.8 Å². The fraction of sp³-hybridized carbons (Fsp3) is 0.400. The first-order chi connectivity index (χ1) is 9.70. The number of hydrogen-bond acceptors (Lipinski definition) is 3. The summed E-state index contributed by atoms with van der Waals surface area (Å²) in [5, 5.41) is 11.6. The van der Waals surface area contributed by atoms with Gasteiger partial charge in [-0.15, -0.1) is 0 Å². The van der Waals surface area contributed by atoms with Gasteiger partial charge < -0.3 is 15.3 Å². The van der Waals surface area contributed by atoms with Gasteiger partial charge in [-0.25, -0.2) is 4.79 Å². The van der Waals surface area contributed by atoms with E-state index in [1.54, 1.807) is 31.2 Å². The zero-order valence-corrected chi connectivity index (χ0v) is 12.6. The number of carboxylic acid groups (broad SMARTS) is 1. The van der Waals surface area contributed by atoms with E-state index < -0.39 is 23.3 Å². The normalized spacial score (nSPS) is 10.9. The van der Waals surface area contributed by atoms with Crippen molar-refractivity contribution in [2.24, 2.45) is 0 Å². The highest BCUT2D eigenvalue weighted by molar-refractivity contribution is 6.40. The van der Waals surface area contributed by atoms with Gasteiger partial charge in [0.2, 0.25) is 0 Å². The van der Waals surface area contributed by atoms with Gasteiger partial charge in [0.1, 0.15) is 5.54 Å². The molecular formula is C15H20N2O4. The summed E-state index contributed by atoms with van der Waals surface area (Å²) >= 11 is 0. The van der Waals surface area contributed by atoms with Crippen molar-refractivity contribution in [3.05, 3.63) is 29.8 Å². The van der Waals surface area contributed by atoms with E-state index in [2.05, 4.69) is 5.32 Å². The number of carbonyl (C=O) groups excluding carboxylic acids is 2. The zero-order chi connectivity index (χ0) is 16.2. The van der Waals surface area contributed by atoms with Gasteiger partial charge in [0.25, 0.3) is 0 Å². The summed E-state index contributed by atoms with van der Waals surface area (Å²) in [5.41, 5.74) is 0.0702. The fourth-order valence-electron chi connectivity index (χ4n) is 1.85. The summed E-state index contributed by atoms with van der Waals surface area (Å²) in [6.07, 6.45) is 0. The van der Waals surface area contributed by atoms with Crippen molar-refractivity contribution < 1.29 is 19.5 Å². The summed E-state index contributed by atoms with van der Waals surface area (Å²) in [5.74, 6) is -2.89. The average molecular weight is 292 g/mol. The lowest BCUT2D eigenvalue weighted by Crippen LogP contribution is -2.55. The molecule has 1 aromatic carbocycles. The number of likely N-dealkylation sites (N-methyl/N-ethyl adjacent to an activating group) is 1. The average Bonchev–Trinajstić information content (AvgIpc) is 2.41. The SMILES string of the molecule is CCN(C(=O)C(=O)Nc1ccc(C)cc1)C(C)(C)C(=O)O. The van der Waals surface area contributed by atoms with E-state index in [1.807, 2.05) is 6.92 Å². The third-order valence-electron chi connectivity index (χ3n) is 3.26. The van der Waals surface area contributed by atoms with Crippen molar-refractivity contribution in [2.75, 3.05) is 11.9 Å². The second-order valence-electron chi connectivity index (χ2n) is 5.23. The van der Waals surface area contributed by atoms with E-state index in [9.17, 15) is 14.4 Å². The van der Waals surface area contributed by atoms with Crippen LogP contribution in [0.5, 0.6) is 0 Å². The van der Waals surface area contributed by atoms with Crippen molar-refractivity contribution in [2.45, 2.75) is 33.2 Å². The maximum Gasteiger partial charge on any atom is 0.329 e. The predicted octanol–water partition coefficient (Wildman–Crippen LogP) is 1.65. The molecule has 0 saturated heterocycles.